The maximum atomic E-state index is 14.1. The van der Waals surface area contributed by atoms with Crippen LogP contribution in [0.15, 0.2) is 71.7 Å². The molecule has 5 aromatic rings. The minimum absolute atomic E-state index is 0.136. The molecule has 13 heteroatoms. The Morgan fingerprint density at radius 1 is 1.09 bits per heavy atom. The average molecular weight is 656 g/mol. The molecular formula is C32H26Cl2F3N5O3. The zero-order valence-corrected chi connectivity index (χ0v) is 25.1. The molecule has 2 N–H and O–H groups in total. The smallest absolute Gasteiger partial charge is 0.475 e. The van der Waals surface area contributed by atoms with Crippen LogP contribution < -0.4 is 10.9 Å². The number of aliphatic carboxylic acids is 1. The van der Waals surface area contributed by atoms with Gasteiger partial charge in [0.2, 0.25) is 0 Å². The Bertz CT molecular complexity index is 1980. The lowest BCUT2D eigenvalue weighted by Gasteiger charge is -2.24. The zero-order chi connectivity index (χ0) is 32.3. The van der Waals surface area contributed by atoms with Crippen molar-refractivity contribution in [2.45, 2.75) is 32.1 Å². The van der Waals surface area contributed by atoms with Gasteiger partial charge in [-0.15, -0.1) is 0 Å². The second kappa shape index (κ2) is 13.3. The van der Waals surface area contributed by atoms with Crippen molar-refractivity contribution in [3.63, 3.8) is 0 Å². The van der Waals surface area contributed by atoms with Crippen LogP contribution >= 0.6 is 23.2 Å². The fraction of sp³-hybridized carbons (Fsp3) is 0.250. The predicted octanol–water partition coefficient (Wildman–Crippen LogP) is 6.88. The summed E-state index contributed by atoms with van der Waals surface area (Å²) in [5.74, 6) is -2.42. The van der Waals surface area contributed by atoms with Gasteiger partial charge in [0.25, 0.3) is 5.56 Å². The fourth-order valence-electron chi connectivity index (χ4n) is 5.38. The van der Waals surface area contributed by atoms with Crippen LogP contribution in [0.2, 0.25) is 10.0 Å². The standard InChI is InChI=1S/C30H25Cl2N5O.C2HF3O2/c31-24-12-26-28(13-25(24)32)37(17-21-4-3-11-34-15-21)30(38)29(35-26)23-18-36(27-6-2-1-5-22(23)27)16-20-9-7-19(14-33)8-10-20;3-2(4,5)1(6)7/h1-2,5-10,12-13,18,21,34H,3-4,11,15-17H2;(H,6,7). The first-order chi connectivity index (χ1) is 21.5. The fourth-order valence-corrected chi connectivity index (χ4v) is 5.70. The maximum absolute atomic E-state index is 14.1. The van der Waals surface area contributed by atoms with Gasteiger partial charge < -0.3 is 19.6 Å². The van der Waals surface area contributed by atoms with E-state index in [1.807, 2.05) is 59.3 Å². The van der Waals surface area contributed by atoms with Crippen molar-refractivity contribution in [1.29, 1.82) is 5.26 Å². The van der Waals surface area contributed by atoms with Crippen LogP contribution in [0.3, 0.4) is 0 Å². The number of nitriles is 1. The molecule has 1 aliphatic rings. The van der Waals surface area contributed by atoms with Gasteiger partial charge in [-0.1, -0.05) is 53.5 Å². The van der Waals surface area contributed by atoms with Gasteiger partial charge in [0, 0.05) is 35.8 Å². The molecule has 0 saturated carbocycles. The van der Waals surface area contributed by atoms with Gasteiger partial charge in [0.05, 0.1) is 32.7 Å². The number of carboxylic acids is 1. The van der Waals surface area contributed by atoms with Gasteiger partial charge in [0.1, 0.15) is 5.69 Å². The molecule has 1 atom stereocenters. The molecule has 8 nitrogen and oxygen atoms in total. The first-order valence-electron chi connectivity index (χ1n) is 13.9. The lowest BCUT2D eigenvalue weighted by Crippen LogP contribution is -2.35. The Balaban J connectivity index is 0.000000515. The molecule has 232 valence electrons. The number of rotatable bonds is 5. The molecule has 0 aliphatic carbocycles. The third-order valence-electron chi connectivity index (χ3n) is 7.55. The highest BCUT2D eigenvalue weighted by molar-refractivity contribution is 6.42. The monoisotopic (exact) mass is 655 g/mol. The topological polar surface area (TPSA) is 113 Å². The van der Waals surface area contributed by atoms with Crippen molar-refractivity contribution in [3.8, 4) is 17.3 Å². The summed E-state index contributed by atoms with van der Waals surface area (Å²) in [4.78, 5) is 27.8. The lowest BCUT2D eigenvalue weighted by molar-refractivity contribution is -0.192. The number of carbonyl (C=O) groups is 1. The number of aromatic nitrogens is 3. The predicted molar refractivity (Wildman–Crippen MR) is 166 cm³/mol. The molecule has 2 aromatic heterocycles. The molecule has 3 heterocycles. The highest BCUT2D eigenvalue weighted by Crippen LogP contribution is 2.32. The van der Waals surface area contributed by atoms with Gasteiger partial charge >= 0.3 is 12.1 Å². The van der Waals surface area contributed by atoms with Crippen LogP contribution in [0.5, 0.6) is 0 Å². The number of fused-ring (bicyclic) bond motifs is 2. The van der Waals surface area contributed by atoms with Crippen LogP contribution in [0.1, 0.15) is 24.0 Å². The van der Waals surface area contributed by atoms with Gasteiger partial charge in [-0.2, -0.15) is 18.4 Å². The Morgan fingerprint density at radius 2 is 1.78 bits per heavy atom. The van der Waals surface area contributed by atoms with Crippen LogP contribution in [-0.2, 0) is 17.9 Å². The van der Waals surface area contributed by atoms with E-state index in [1.165, 1.54) is 0 Å². The molecule has 0 bridgehead atoms. The zero-order valence-electron chi connectivity index (χ0n) is 23.6. The number of para-hydroxylation sites is 1. The molecule has 1 saturated heterocycles. The Kier molecular flexibility index (Phi) is 9.48. The average Bonchev–Trinajstić information content (AvgIpc) is 3.38. The number of carboxylic acid groups (broad SMARTS) is 1. The van der Waals surface area contributed by atoms with Crippen LogP contribution in [-0.4, -0.2) is 44.5 Å². The van der Waals surface area contributed by atoms with Crippen molar-refractivity contribution < 1.29 is 23.1 Å². The van der Waals surface area contributed by atoms with E-state index in [9.17, 15) is 18.0 Å². The van der Waals surface area contributed by atoms with Gasteiger partial charge in [0.15, 0.2) is 0 Å². The number of nitrogens with one attached hydrogen (secondary N) is 1. The normalized spacial score (nSPS) is 15.0. The number of alkyl halides is 3. The first-order valence-corrected chi connectivity index (χ1v) is 14.7. The number of halogens is 5. The number of hydrogen-bond donors (Lipinski definition) is 2. The minimum atomic E-state index is -5.08. The summed E-state index contributed by atoms with van der Waals surface area (Å²) in [7, 11) is 0. The highest BCUT2D eigenvalue weighted by Gasteiger charge is 2.38. The summed E-state index contributed by atoms with van der Waals surface area (Å²) in [6.45, 7) is 3.06. The largest absolute Gasteiger partial charge is 0.490 e. The summed E-state index contributed by atoms with van der Waals surface area (Å²) < 4.78 is 35.7. The van der Waals surface area contributed by atoms with Crippen LogP contribution in [0.4, 0.5) is 13.2 Å². The quantitative estimate of drug-likeness (QED) is 0.213. The van der Waals surface area contributed by atoms with Crippen molar-refractivity contribution in [2.24, 2.45) is 5.92 Å². The maximum Gasteiger partial charge on any atom is 0.490 e. The minimum Gasteiger partial charge on any atom is -0.475 e. The molecule has 3 aromatic carbocycles. The molecule has 1 fully saturated rings. The first kappa shape index (κ1) is 32.0. The Hall–Kier alpha value is -4.37. The molecule has 0 amide bonds. The van der Waals surface area contributed by atoms with E-state index in [0.29, 0.717) is 51.3 Å². The molecule has 0 spiro atoms. The lowest BCUT2D eigenvalue weighted by atomic mass is 9.99. The van der Waals surface area contributed by atoms with E-state index in [4.69, 9.17) is 43.3 Å². The molecular weight excluding hydrogens is 630 g/mol. The summed E-state index contributed by atoms with van der Waals surface area (Å²) in [5.41, 5.74) is 5.07. The third-order valence-corrected chi connectivity index (χ3v) is 8.27. The third kappa shape index (κ3) is 7.14. The van der Waals surface area contributed by atoms with Gasteiger partial charge in [-0.05, 0) is 67.7 Å². The molecule has 0 radical (unpaired) electrons. The van der Waals surface area contributed by atoms with Crippen LogP contribution in [0, 0.1) is 17.2 Å². The molecule has 6 rings (SSSR count). The van der Waals surface area contributed by atoms with Gasteiger partial charge in [-0.25, -0.2) is 9.78 Å². The second-order valence-electron chi connectivity index (χ2n) is 10.6. The molecule has 1 unspecified atom stereocenters. The highest BCUT2D eigenvalue weighted by atomic mass is 35.5. The van der Waals surface area contributed by atoms with E-state index in [0.717, 1.165) is 48.0 Å². The number of hydrogen-bond acceptors (Lipinski definition) is 5. The van der Waals surface area contributed by atoms with E-state index in [-0.39, 0.29) is 5.56 Å². The van der Waals surface area contributed by atoms with Crippen LogP contribution in [0.25, 0.3) is 33.2 Å². The van der Waals surface area contributed by atoms with E-state index in [2.05, 4.69) is 16.0 Å². The molecule has 45 heavy (non-hydrogen) atoms. The summed E-state index contributed by atoms with van der Waals surface area (Å²) in [5, 5.41) is 21.5. The Morgan fingerprint density at radius 3 is 2.42 bits per heavy atom. The molecule has 1 aliphatic heterocycles. The van der Waals surface area contributed by atoms with Gasteiger partial charge in [-0.3, -0.25) is 4.79 Å². The summed E-state index contributed by atoms with van der Waals surface area (Å²) >= 11 is 12.8. The number of nitrogens with zero attached hydrogens (tertiary/aromatic N) is 4. The van der Waals surface area contributed by atoms with E-state index >= 15 is 0 Å². The van der Waals surface area contributed by atoms with Crippen molar-refractivity contribution >= 4 is 51.1 Å². The van der Waals surface area contributed by atoms with Crippen molar-refractivity contribution in [3.05, 3.63) is 98.4 Å². The Labute approximate surface area is 265 Å². The number of piperidine rings is 1. The number of benzene rings is 3. The van der Waals surface area contributed by atoms with Crippen molar-refractivity contribution in [2.75, 3.05) is 13.1 Å². The van der Waals surface area contributed by atoms with E-state index < -0.39 is 12.1 Å². The SMILES string of the molecule is N#Cc1ccc(Cn2cc(-c3nc4cc(Cl)c(Cl)cc4n(CC4CCCNC4)c3=O)c3ccccc32)cc1.O=C(O)C(F)(F)F. The van der Waals surface area contributed by atoms with E-state index in [1.54, 1.807) is 12.1 Å². The summed E-state index contributed by atoms with van der Waals surface area (Å²) in [6, 6.07) is 21.2. The summed E-state index contributed by atoms with van der Waals surface area (Å²) in [6.07, 6.45) is -0.934. The second-order valence-corrected chi connectivity index (χ2v) is 11.5. The van der Waals surface area contributed by atoms with Crippen molar-refractivity contribution in [1.82, 2.24) is 19.4 Å².